The molecule has 1 rings (SSSR count). The van der Waals surface area contributed by atoms with Gasteiger partial charge in [0.05, 0.1) is 6.10 Å². The number of ether oxygens (including phenoxy) is 1. The SMILES string of the molecule is CC(=O)O[C@H]1C=C[C@@H](O[Si](C)(C)C(C)(C)C)CC1. The molecule has 0 unspecified atom stereocenters. The molecule has 0 radical (unpaired) electrons. The molecule has 0 aromatic heterocycles. The maximum absolute atomic E-state index is 10.9. The molecule has 0 fully saturated rings. The Morgan fingerprint density at radius 1 is 1.17 bits per heavy atom. The maximum atomic E-state index is 10.9. The molecule has 18 heavy (non-hydrogen) atoms. The van der Waals surface area contributed by atoms with Crippen LogP contribution in [-0.2, 0) is 14.0 Å². The Kier molecular flexibility index (Phi) is 4.78. The largest absolute Gasteiger partial charge is 0.458 e. The Morgan fingerprint density at radius 3 is 2.06 bits per heavy atom. The van der Waals surface area contributed by atoms with Crippen molar-refractivity contribution in [2.45, 2.75) is 70.9 Å². The highest BCUT2D eigenvalue weighted by atomic mass is 28.4. The predicted octanol–water partition coefficient (Wildman–Crippen LogP) is 3.66. The second kappa shape index (κ2) is 5.57. The molecular formula is C14H26O3Si. The van der Waals surface area contributed by atoms with Crippen LogP contribution < -0.4 is 0 Å². The molecule has 1 aliphatic rings. The minimum absolute atomic E-state index is 0.0678. The van der Waals surface area contributed by atoms with E-state index in [4.69, 9.17) is 9.16 Å². The highest BCUT2D eigenvalue weighted by Gasteiger charge is 2.39. The summed E-state index contributed by atoms with van der Waals surface area (Å²) >= 11 is 0. The fourth-order valence-electron chi connectivity index (χ4n) is 1.73. The third kappa shape index (κ3) is 4.25. The first-order valence-corrected chi connectivity index (χ1v) is 9.56. The monoisotopic (exact) mass is 270 g/mol. The number of carbonyl (C=O) groups excluding carboxylic acids is 1. The van der Waals surface area contributed by atoms with Crippen LogP contribution in [0.1, 0.15) is 40.5 Å². The van der Waals surface area contributed by atoms with Crippen LogP contribution in [-0.4, -0.2) is 26.5 Å². The van der Waals surface area contributed by atoms with Crippen LogP contribution in [0.15, 0.2) is 12.2 Å². The van der Waals surface area contributed by atoms with E-state index >= 15 is 0 Å². The zero-order valence-electron chi connectivity index (χ0n) is 12.4. The summed E-state index contributed by atoms with van der Waals surface area (Å²) < 4.78 is 11.5. The lowest BCUT2D eigenvalue weighted by atomic mass is 10.0. The van der Waals surface area contributed by atoms with E-state index in [2.05, 4.69) is 39.9 Å². The van der Waals surface area contributed by atoms with Crippen molar-refractivity contribution < 1.29 is 14.0 Å². The molecule has 0 heterocycles. The van der Waals surface area contributed by atoms with Crippen molar-refractivity contribution in [3.63, 3.8) is 0 Å². The Bertz CT molecular complexity index is 328. The lowest BCUT2D eigenvalue weighted by molar-refractivity contribution is -0.144. The molecule has 0 bridgehead atoms. The molecule has 0 aromatic carbocycles. The first-order valence-electron chi connectivity index (χ1n) is 6.65. The first kappa shape index (κ1) is 15.4. The Hall–Kier alpha value is -0.613. The molecule has 0 saturated heterocycles. The highest BCUT2D eigenvalue weighted by Crippen LogP contribution is 2.38. The van der Waals surface area contributed by atoms with E-state index in [1.54, 1.807) is 0 Å². The zero-order chi connectivity index (χ0) is 14.0. The van der Waals surface area contributed by atoms with E-state index in [0.717, 1.165) is 12.8 Å². The molecule has 104 valence electrons. The van der Waals surface area contributed by atoms with Gasteiger partial charge in [0.15, 0.2) is 8.32 Å². The van der Waals surface area contributed by atoms with Crippen LogP contribution >= 0.6 is 0 Å². The lowest BCUT2D eigenvalue weighted by Crippen LogP contribution is -2.44. The van der Waals surface area contributed by atoms with Gasteiger partial charge in [0.2, 0.25) is 0 Å². The summed E-state index contributed by atoms with van der Waals surface area (Å²) in [6.45, 7) is 12.7. The van der Waals surface area contributed by atoms with Crippen LogP contribution in [0.4, 0.5) is 0 Å². The fourth-order valence-corrected chi connectivity index (χ4v) is 3.04. The van der Waals surface area contributed by atoms with Crippen molar-refractivity contribution in [3.8, 4) is 0 Å². The van der Waals surface area contributed by atoms with Crippen molar-refractivity contribution in [1.29, 1.82) is 0 Å². The molecule has 0 N–H and O–H groups in total. The van der Waals surface area contributed by atoms with E-state index in [1.807, 2.05) is 6.08 Å². The molecule has 3 nitrogen and oxygen atoms in total. The van der Waals surface area contributed by atoms with Crippen molar-refractivity contribution in [2.75, 3.05) is 0 Å². The first-order chi connectivity index (χ1) is 8.12. The Balaban J connectivity index is 2.55. The summed E-state index contributed by atoms with van der Waals surface area (Å²) in [4.78, 5) is 10.9. The van der Waals surface area contributed by atoms with Gasteiger partial charge in [-0.15, -0.1) is 0 Å². The Morgan fingerprint density at radius 2 is 1.67 bits per heavy atom. The van der Waals surface area contributed by atoms with Gasteiger partial charge in [0.25, 0.3) is 0 Å². The van der Waals surface area contributed by atoms with Crippen LogP contribution in [0.3, 0.4) is 0 Å². The summed E-state index contributed by atoms with van der Waals surface area (Å²) in [7, 11) is -1.71. The van der Waals surface area contributed by atoms with Crippen LogP contribution in [0, 0.1) is 0 Å². The van der Waals surface area contributed by atoms with Gasteiger partial charge >= 0.3 is 5.97 Å². The van der Waals surface area contributed by atoms with Crippen molar-refractivity contribution >= 4 is 14.3 Å². The summed E-state index contributed by atoms with van der Waals surface area (Å²) in [6.07, 6.45) is 5.91. The number of hydrogen-bond acceptors (Lipinski definition) is 3. The van der Waals surface area contributed by atoms with Gasteiger partial charge in [-0.05, 0) is 37.0 Å². The maximum Gasteiger partial charge on any atom is 0.303 e. The standard InChI is InChI=1S/C14H26O3Si/c1-11(15)16-12-7-9-13(10-8-12)17-18(5,6)14(2,3)4/h7,9,12-13H,8,10H2,1-6H3/t12-,13+/m0/s1. The van der Waals surface area contributed by atoms with E-state index in [0.29, 0.717) is 0 Å². The molecular weight excluding hydrogens is 244 g/mol. The van der Waals surface area contributed by atoms with E-state index in [-0.39, 0.29) is 23.2 Å². The normalized spacial score (nSPS) is 25.0. The van der Waals surface area contributed by atoms with E-state index in [9.17, 15) is 4.79 Å². The van der Waals surface area contributed by atoms with Crippen molar-refractivity contribution in [3.05, 3.63) is 12.2 Å². The highest BCUT2D eigenvalue weighted by molar-refractivity contribution is 6.74. The quantitative estimate of drug-likeness (QED) is 0.446. The van der Waals surface area contributed by atoms with Gasteiger partial charge < -0.3 is 9.16 Å². The Labute approximate surface area is 112 Å². The number of esters is 1. The van der Waals surface area contributed by atoms with Crippen molar-refractivity contribution in [1.82, 2.24) is 0 Å². The van der Waals surface area contributed by atoms with Crippen LogP contribution in [0.25, 0.3) is 0 Å². The molecule has 0 spiro atoms. The zero-order valence-corrected chi connectivity index (χ0v) is 13.4. The van der Waals surface area contributed by atoms with E-state index in [1.165, 1.54) is 6.92 Å². The van der Waals surface area contributed by atoms with Crippen LogP contribution in [0.5, 0.6) is 0 Å². The van der Waals surface area contributed by atoms with Gasteiger partial charge in [0, 0.05) is 6.92 Å². The third-order valence-corrected chi connectivity index (χ3v) is 8.35. The predicted molar refractivity (Wildman–Crippen MR) is 76.0 cm³/mol. The average Bonchev–Trinajstić information content (AvgIpc) is 2.18. The molecule has 4 heteroatoms. The molecule has 1 aliphatic carbocycles. The average molecular weight is 270 g/mol. The molecule has 0 amide bonds. The summed E-state index contributed by atoms with van der Waals surface area (Å²) in [5.74, 6) is -0.214. The van der Waals surface area contributed by atoms with Gasteiger partial charge in [-0.25, -0.2) is 0 Å². The lowest BCUT2D eigenvalue weighted by Gasteiger charge is -2.39. The summed E-state index contributed by atoms with van der Waals surface area (Å²) in [6, 6.07) is 0. The molecule has 0 aromatic rings. The smallest absolute Gasteiger partial charge is 0.303 e. The van der Waals surface area contributed by atoms with Crippen LogP contribution in [0.2, 0.25) is 18.1 Å². The van der Waals surface area contributed by atoms with Gasteiger partial charge in [-0.2, -0.15) is 0 Å². The van der Waals surface area contributed by atoms with Gasteiger partial charge in [-0.3, -0.25) is 4.79 Å². The van der Waals surface area contributed by atoms with E-state index < -0.39 is 8.32 Å². The number of carbonyl (C=O) groups is 1. The number of hydrogen-bond donors (Lipinski definition) is 0. The molecule has 0 aliphatic heterocycles. The second-order valence-electron chi connectivity index (χ2n) is 6.53. The number of rotatable bonds is 3. The minimum Gasteiger partial charge on any atom is -0.458 e. The molecule has 2 atom stereocenters. The third-order valence-electron chi connectivity index (χ3n) is 3.85. The topological polar surface area (TPSA) is 35.5 Å². The second-order valence-corrected chi connectivity index (χ2v) is 11.3. The summed E-state index contributed by atoms with van der Waals surface area (Å²) in [5.41, 5.74) is 0. The fraction of sp³-hybridized carbons (Fsp3) is 0.786. The van der Waals surface area contributed by atoms with Gasteiger partial charge in [0.1, 0.15) is 6.10 Å². The van der Waals surface area contributed by atoms with Crippen molar-refractivity contribution in [2.24, 2.45) is 0 Å². The molecule has 0 saturated carbocycles. The summed E-state index contributed by atoms with van der Waals surface area (Å²) in [5, 5.41) is 0.230. The minimum atomic E-state index is -1.71. The van der Waals surface area contributed by atoms with Gasteiger partial charge in [-0.1, -0.05) is 26.8 Å².